The van der Waals surface area contributed by atoms with Gasteiger partial charge in [0.05, 0.1) is 22.1 Å². The minimum atomic E-state index is -0.684. The summed E-state index contributed by atoms with van der Waals surface area (Å²) >= 11 is 12.6. The normalized spacial score (nSPS) is 13.9. The predicted octanol–water partition coefficient (Wildman–Crippen LogP) is 4.04. The predicted molar refractivity (Wildman–Crippen MR) is 75.5 cm³/mol. The van der Waals surface area contributed by atoms with E-state index >= 15 is 0 Å². The number of nitrogens with zero attached hydrogens (tertiary/aromatic N) is 2. The molecule has 0 aliphatic rings. The van der Waals surface area contributed by atoms with Gasteiger partial charge in [-0.3, -0.25) is 10.2 Å². The summed E-state index contributed by atoms with van der Waals surface area (Å²) in [5.74, 6) is 0. The molecule has 2 rings (SSSR count). The lowest BCUT2D eigenvalue weighted by atomic mass is 10.0. The zero-order valence-electron chi connectivity index (χ0n) is 9.78. The third-order valence-corrected chi connectivity index (χ3v) is 3.76. The molecule has 0 aliphatic heterocycles. The van der Waals surface area contributed by atoms with E-state index in [1.165, 1.54) is 6.07 Å². The van der Waals surface area contributed by atoms with Gasteiger partial charge in [-0.15, -0.1) is 23.2 Å². The summed E-state index contributed by atoms with van der Waals surface area (Å²) in [6.45, 7) is 0. The van der Waals surface area contributed by atoms with Gasteiger partial charge in [0, 0.05) is 6.20 Å². The second-order valence-electron chi connectivity index (χ2n) is 3.89. The van der Waals surface area contributed by atoms with Crippen LogP contribution in [0.2, 0.25) is 0 Å². The first kappa shape index (κ1) is 14.1. The number of hydrogen-bond donors (Lipinski definition) is 1. The number of hydrogen-bond acceptors (Lipinski definition) is 4. The number of para-hydroxylation sites is 1. The van der Waals surface area contributed by atoms with Gasteiger partial charge < -0.3 is 10.4 Å². The SMILES string of the molecule is [O-]N(O)c1ccccc1[C@H](Cl)[C@@H](Cl)c1ccccn1. The molecule has 2 aromatic rings. The van der Waals surface area contributed by atoms with Gasteiger partial charge in [-0.2, -0.15) is 0 Å². The van der Waals surface area contributed by atoms with Gasteiger partial charge in [0.2, 0.25) is 0 Å². The van der Waals surface area contributed by atoms with Crippen LogP contribution >= 0.6 is 23.2 Å². The van der Waals surface area contributed by atoms with Crippen LogP contribution in [-0.4, -0.2) is 10.2 Å². The van der Waals surface area contributed by atoms with Crippen molar-refractivity contribution >= 4 is 28.9 Å². The largest absolute Gasteiger partial charge is 0.733 e. The quantitative estimate of drug-likeness (QED) is 0.683. The smallest absolute Gasteiger partial charge is 0.0962 e. The third-order valence-electron chi connectivity index (χ3n) is 2.67. The summed E-state index contributed by atoms with van der Waals surface area (Å²) in [5.41, 5.74) is 1.13. The fourth-order valence-corrected chi connectivity index (χ4v) is 2.32. The number of rotatable bonds is 4. The fraction of sp³-hybridized carbons (Fsp3) is 0.154. The highest BCUT2D eigenvalue weighted by Gasteiger charge is 2.24. The monoisotopic (exact) mass is 297 g/mol. The van der Waals surface area contributed by atoms with E-state index in [9.17, 15) is 5.21 Å². The molecule has 0 fully saturated rings. The Morgan fingerprint density at radius 3 is 2.37 bits per heavy atom. The summed E-state index contributed by atoms with van der Waals surface area (Å²) in [6.07, 6.45) is 1.62. The highest BCUT2D eigenvalue weighted by Crippen LogP contribution is 2.41. The maximum absolute atomic E-state index is 11.1. The molecule has 0 bridgehead atoms. The molecule has 1 heterocycles. The Kier molecular flexibility index (Phi) is 4.61. The van der Waals surface area contributed by atoms with Crippen LogP contribution < -0.4 is 5.23 Å². The van der Waals surface area contributed by atoms with Crippen LogP contribution in [-0.2, 0) is 0 Å². The molecular weight excluding hydrogens is 287 g/mol. The van der Waals surface area contributed by atoms with E-state index in [0.717, 1.165) is 0 Å². The molecule has 19 heavy (non-hydrogen) atoms. The Bertz CT molecular complexity index is 537. The lowest BCUT2D eigenvalue weighted by molar-refractivity contribution is 0.295. The van der Waals surface area contributed by atoms with Crippen molar-refractivity contribution < 1.29 is 5.21 Å². The maximum Gasteiger partial charge on any atom is 0.0962 e. The zero-order chi connectivity index (χ0) is 13.8. The number of pyridine rings is 1. The summed E-state index contributed by atoms with van der Waals surface area (Å²) in [4.78, 5) is 4.13. The molecule has 0 saturated carbocycles. The van der Waals surface area contributed by atoms with Gasteiger partial charge in [0.25, 0.3) is 0 Å². The molecule has 0 unspecified atom stereocenters. The molecule has 1 N–H and O–H groups in total. The van der Waals surface area contributed by atoms with E-state index in [2.05, 4.69) is 4.98 Å². The van der Waals surface area contributed by atoms with Crippen molar-refractivity contribution in [3.8, 4) is 0 Å². The Labute approximate surface area is 120 Å². The Balaban J connectivity index is 2.32. The molecule has 100 valence electrons. The van der Waals surface area contributed by atoms with Gasteiger partial charge in [-0.25, -0.2) is 0 Å². The highest BCUT2D eigenvalue weighted by molar-refractivity contribution is 6.30. The number of anilines is 1. The topological polar surface area (TPSA) is 59.4 Å². The molecule has 0 amide bonds. The molecular formula is C13H11Cl2N2O2-. The van der Waals surface area contributed by atoms with Gasteiger partial charge in [-0.05, 0) is 23.8 Å². The average Bonchev–Trinajstić information content (AvgIpc) is 2.46. The van der Waals surface area contributed by atoms with E-state index in [-0.39, 0.29) is 10.9 Å². The van der Waals surface area contributed by atoms with Crippen LogP contribution in [0.4, 0.5) is 5.69 Å². The third kappa shape index (κ3) is 3.16. The van der Waals surface area contributed by atoms with Gasteiger partial charge in [0.15, 0.2) is 0 Å². The van der Waals surface area contributed by atoms with E-state index in [0.29, 0.717) is 11.3 Å². The van der Waals surface area contributed by atoms with Crippen molar-refractivity contribution in [3.05, 3.63) is 65.1 Å². The van der Waals surface area contributed by atoms with Crippen LogP contribution in [0.5, 0.6) is 0 Å². The maximum atomic E-state index is 11.1. The van der Waals surface area contributed by atoms with E-state index < -0.39 is 10.8 Å². The van der Waals surface area contributed by atoms with E-state index in [1.807, 2.05) is 0 Å². The van der Waals surface area contributed by atoms with Crippen LogP contribution in [0, 0.1) is 5.21 Å². The van der Waals surface area contributed by atoms with Crippen molar-refractivity contribution in [2.24, 2.45) is 0 Å². The molecule has 4 nitrogen and oxygen atoms in total. The number of halogens is 2. The second-order valence-corrected chi connectivity index (χ2v) is 4.83. The first-order chi connectivity index (χ1) is 9.11. The van der Waals surface area contributed by atoms with Crippen molar-refractivity contribution in [1.82, 2.24) is 4.98 Å². The van der Waals surface area contributed by atoms with Crippen LogP contribution in [0.15, 0.2) is 48.7 Å². The van der Waals surface area contributed by atoms with E-state index in [1.54, 1.807) is 42.6 Å². The first-order valence-electron chi connectivity index (χ1n) is 5.55. The standard InChI is InChI=1S/C13H11Cl2N2O2/c14-12(13(15)10-6-3-4-8-16-10)9-5-1-2-7-11(9)17(18)19/h1-8,12-13,18H/q-1/t12-,13-/m0/s1. The summed E-state index contributed by atoms with van der Waals surface area (Å²) in [7, 11) is 0. The number of aromatic nitrogens is 1. The number of benzene rings is 1. The molecule has 1 aromatic carbocycles. The van der Waals surface area contributed by atoms with Crippen molar-refractivity contribution in [2.45, 2.75) is 10.8 Å². The van der Waals surface area contributed by atoms with Gasteiger partial charge >= 0.3 is 0 Å². The van der Waals surface area contributed by atoms with Gasteiger partial charge in [0.1, 0.15) is 0 Å². The van der Waals surface area contributed by atoms with Crippen molar-refractivity contribution in [3.63, 3.8) is 0 Å². The average molecular weight is 298 g/mol. The summed E-state index contributed by atoms with van der Waals surface area (Å²) < 4.78 is 0. The zero-order valence-corrected chi connectivity index (χ0v) is 11.3. The summed E-state index contributed by atoms with van der Waals surface area (Å²) in [5, 5.41) is 18.6. The Morgan fingerprint density at radius 1 is 1.05 bits per heavy atom. The molecule has 0 radical (unpaired) electrons. The minimum Gasteiger partial charge on any atom is -0.733 e. The Hall–Kier alpha value is -1.33. The summed E-state index contributed by atoms with van der Waals surface area (Å²) in [6, 6.07) is 11.8. The van der Waals surface area contributed by atoms with Crippen LogP contribution in [0.3, 0.4) is 0 Å². The molecule has 6 heteroatoms. The fourth-order valence-electron chi connectivity index (χ4n) is 1.74. The van der Waals surface area contributed by atoms with Crippen molar-refractivity contribution in [1.29, 1.82) is 0 Å². The highest BCUT2D eigenvalue weighted by atomic mass is 35.5. The lowest BCUT2D eigenvalue weighted by Crippen LogP contribution is -2.12. The van der Waals surface area contributed by atoms with E-state index in [4.69, 9.17) is 28.4 Å². The molecule has 1 aromatic heterocycles. The molecule has 0 spiro atoms. The lowest BCUT2D eigenvalue weighted by Gasteiger charge is -2.27. The van der Waals surface area contributed by atoms with Crippen LogP contribution in [0.1, 0.15) is 22.0 Å². The first-order valence-corrected chi connectivity index (χ1v) is 6.42. The molecule has 0 aliphatic carbocycles. The molecule has 2 atom stereocenters. The number of alkyl halides is 2. The van der Waals surface area contributed by atoms with Crippen molar-refractivity contribution in [2.75, 3.05) is 5.23 Å². The second kappa shape index (κ2) is 6.21. The van der Waals surface area contributed by atoms with Crippen LogP contribution in [0.25, 0.3) is 0 Å². The minimum absolute atomic E-state index is 0.0732. The van der Waals surface area contributed by atoms with Gasteiger partial charge in [-0.1, -0.05) is 24.3 Å². The Morgan fingerprint density at radius 2 is 1.74 bits per heavy atom. The molecule has 0 saturated heterocycles.